The van der Waals surface area contributed by atoms with E-state index in [9.17, 15) is 18.5 Å². The number of benzene rings is 1. The van der Waals surface area contributed by atoms with E-state index in [0.717, 1.165) is 12.3 Å². The summed E-state index contributed by atoms with van der Waals surface area (Å²) in [4.78, 5) is 14.4. The molecule has 0 aliphatic rings. The second-order valence-corrected chi connectivity index (χ2v) is 7.12. The Kier molecular flexibility index (Phi) is 5.51. The van der Waals surface area contributed by atoms with Crippen molar-refractivity contribution in [1.29, 1.82) is 5.26 Å². The van der Waals surface area contributed by atoms with E-state index in [1.807, 2.05) is 6.07 Å². The van der Waals surface area contributed by atoms with E-state index >= 15 is 0 Å². The van der Waals surface area contributed by atoms with E-state index in [2.05, 4.69) is 15.6 Å². The number of nitriles is 1. The van der Waals surface area contributed by atoms with Gasteiger partial charge in [0, 0.05) is 31.6 Å². The third-order valence-electron chi connectivity index (χ3n) is 3.23. The highest BCUT2D eigenvalue weighted by Gasteiger charge is 2.18. The van der Waals surface area contributed by atoms with Crippen molar-refractivity contribution in [2.24, 2.45) is 0 Å². The molecule has 0 aliphatic carbocycles. The molecule has 2 rings (SSSR count). The van der Waals surface area contributed by atoms with Crippen LogP contribution in [0.5, 0.6) is 0 Å². The number of aromatic nitrogens is 1. The van der Waals surface area contributed by atoms with E-state index in [4.69, 9.17) is 5.26 Å². The molecular formula is C15H15N5O4S. The zero-order valence-electron chi connectivity index (χ0n) is 13.3. The van der Waals surface area contributed by atoms with Gasteiger partial charge in [0.1, 0.15) is 17.6 Å². The molecule has 0 radical (unpaired) electrons. The lowest BCUT2D eigenvalue weighted by atomic mass is 10.2. The first-order valence-electron chi connectivity index (χ1n) is 7.13. The molecule has 0 aliphatic heterocycles. The SMILES string of the molecule is CS(=O)(=O)c1ccc(NCCNc2ccc(C#N)cn2)c([N+](=O)[O-])c1. The zero-order chi connectivity index (χ0) is 18.4. The lowest BCUT2D eigenvalue weighted by molar-refractivity contribution is -0.384. The Morgan fingerprint density at radius 3 is 2.52 bits per heavy atom. The monoisotopic (exact) mass is 361 g/mol. The Labute approximate surface area is 144 Å². The summed E-state index contributed by atoms with van der Waals surface area (Å²) in [6.07, 6.45) is 2.43. The standard InChI is InChI=1S/C15H15N5O4S/c1-25(23,24)12-3-4-13(14(8-12)20(21)22)17-6-7-18-15-5-2-11(9-16)10-19-15/h2-5,8,10,17H,6-7H2,1H3,(H,18,19). The van der Waals surface area contributed by atoms with Crippen LogP contribution >= 0.6 is 0 Å². The zero-order valence-corrected chi connectivity index (χ0v) is 14.1. The maximum Gasteiger partial charge on any atom is 0.293 e. The second kappa shape index (κ2) is 7.59. The van der Waals surface area contributed by atoms with Gasteiger partial charge in [-0.1, -0.05) is 0 Å². The van der Waals surface area contributed by atoms with Crippen molar-refractivity contribution >= 4 is 27.0 Å². The molecule has 10 heteroatoms. The molecule has 1 aromatic heterocycles. The summed E-state index contributed by atoms with van der Waals surface area (Å²) in [6, 6.07) is 8.97. The van der Waals surface area contributed by atoms with Gasteiger partial charge in [0.25, 0.3) is 5.69 Å². The van der Waals surface area contributed by atoms with Crippen molar-refractivity contribution in [2.45, 2.75) is 4.90 Å². The molecule has 0 spiro atoms. The van der Waals surface area contributed by atoms with Crippen LogP contribution in [0.1, 0.15) is 5.56 Å². The molecule has 25 heavy (non-hydrogen) atoms. The number of nitrogens with one attached hydrogen (secondary N) is 2. The van der Waals surface area contributed by atoms with Crippen LogP contribution in [-0.4, -0.2) is 37.7 Å². The number of nitro groups is 1. The lowest BCUT2D eigenvalue weighted by Crippen LogP contribution is -2.15. The number of hydrogen-bond donors (Lipinski definition) is 2. The van der Waals surface area contributed by atoms with Gasteiger partial charge in [-0.25, -0.2) is 13.4 Å². The third kappa shape index (κ3) is 4.89. The second-order valence-electron chi connectivity index (χ2n) is 5.11. The first kappa shape index (κ1) is 18.2. The Balaban J connectivity index is 2.00. The van der Waals surface area contributed by atoms with Gasteiger partial charge in [-0.15, -0.1) is 0 Å². The van der Waals surface area contributed by atoms with E-state index in [-0.39, 0.29) is 16.3 Å². The van der Waals surface area contributed by atoms with Crippen LogP contribution in [-0.2, 0) is 9.84 Å². The van der Waals surface area contributed by atoms with Crippen LogP contribution in [0.2, 0.25) is 0 Å². The number of rotatable bonds is 7. The first-order chi connectivity index (χ1) is 11.8. The first-order valence-corrected chi connectivity index (χ1v) is 9.03. The van der Waals surface area contributed by atoms with Gasteiger partial charge in [0.2, 0.25) is 0 Å². The van der Waals surface area contributed by atoms with Gasteiger partial charge in [-0.2, -0.15) is 5.26 Å². The van der Waals surface area contributed by atoms with E-state index in [0.29, 0.717) is 24.5 Å². The maximum atomic E-state index is 11.5. The number of hydrogen-bond acceptors (Lipinski definition) is 8. The summed E-state index contributed by atoms with van der Waals surface area (Å²) in [6.45, 7) is 0.768. The molecule has 1 heterocycles. The molecule has 0 saturated carbocycles. The smallest absolute Gasteiger partial charge is 0.293 e. The molecule has 0 bridgehead atoms. The van der Waals surface area contributed by atoms with Gasteiger partial charge >= 0.3 is 0 Å². The van der Waals surface area contributed by atoms with Crippen LogP contribution in [0.3, 0.4) is 0 Å². The van der Waals surface area contributed by atoms with Crippen LogP contribution in [0.15, 0.2) is 41.4 Å². The van der Waals surface area contributed by atoms with Crippen molar-refractivity contribution in [3.05, 3.63) is 52.2 Å². The molecule has 1 aromatic carbocycles. The largest absolute Gasteiger partial charge is 0.378 e. The molecule has 130 valence electrons. The minimum Gasteiger partial charge on any atom is -0.378 e. The summed E-state index contributed by atoms with van der Waals surface area (Å²) in [5, 5.41) is 25.7. The fourth-order valence-electron chi connectivity index (χ4n) is 1.99. The number of anilines is 2. The molecular weight excluding hydrogens is 346 g/mol. The van der Waals surface area contributed by atoms with E-state index in [1.54, 1.807) is 12.1 Å². The highest BCUT2D eigenvalue weighted by atomic mass is 32.2. The van der Waals surface area contributed by atoms with Crippen LogP contribution in [0.4, 0.5) is 17.2 Å². The fourth-order valence-corrected chi connectivity index (χ4v) is 2.64. The maximum absolute atomic E-state index is 11.5. The summed E-state index contributed by atoms with van der Waals surface area (Å²) < 4.78 is 23.0. The quantitative estimate of drug-likeness (QED) is 0.432. The summed E-state index contributed by atoms with van der Waals surface area (Å²) in [5.41, 5.74) is 0.372. The van der Waals surface area contributed by atoms with E-state index < -0.39 is 14.8 Å². The van der Waals surface area contributed by atoms with Gasteiger partial charge in [0.15, 0.2) is 9.84 Å². The summed E-state index contributed by atoms with van der Waals surface area (Å²) in [5.74, 6) is 0.572. The van der Waals surface area contributed by atoms with Gasteiger partial charge in [0.05, 0.1) is 15.4 Å². The van der Waals surface area contributed by atoms with Gasteiger partial charge < -0.3 is 10.6 Å². The molecule has 0 atom stereocenters. The highest BCUT2D eigenvalue weighted by molar-refractivity contribution is 7.90. The third-order valence-corrected chi connectivity index (χ3v) is 4.34. The predicted octanol–water partition coefficient (Wildman–Crippen LogP) is 1.79. The number of sulfone groups is 1. The van der Waals surface area contributed by atoms with Crippen molar-refractivity contribution in [1.82, 2.24) is 4.98 Å². The summed E-state index contributed by atoms with van der Waals surface area (Å²) in [7, 11) is -3.52. The Bertz CT molecular complexity index is 920. The van der Waals surface area contributed by atoms with Crippen molar-refractivity contribution in [3.8, 4) is 6.07 Å². The average molecular weight is 361 g/mol. The normalized spacial score (nSPS) is 10.7. The molecule has 0 fully saturated rings. The Morgan fingerprint density at radius 2 is 1.96 bits per heavy atom. The highest BCUT2D eigenvalue weighted by Crippen LogP contribution is 2.27. The molecule has 0 saturated heterocycles. The number of nitro benzene ring substituents is 1. The molecule has 9 nitrogen and oxygen atoms in total. The molecule has 0 unspecified atom stereocenters. The van der Waals surface area contributed by atoms with Crippen LogP contribution < -0.4 is 10.6 Å². The van der Waals surface area contributed by atoms with Gasteiger partial charge in [-0.3, -0.25) is 10.1 Å². The van der Waals surface area contributed by atoms with Crippen LogP contribution in [0.25, 0.3) is 0 Å². The van der Waals surface area contributed by atoms with Gasteiger partial charge in [-0.05, 0) is 24.3 Å². The predicted molar refractivity (Wildman–Crippen MR) is 92.1 cm³/mol. The number of pyridine rings is 1. The van der Waals surface area contributed by atoms with Crippen molar-refractivity contribution < 1.29 is 13.3 Å². The molecule has 2 N–H and O–H groups in total. The average Bonchev–Trinajstić information content (AvgIpc) is 2.58. The lowest BCUT2D eigenvalue weighted by Gasteiger charge is -2.09. The Morgan fingerprint density at radius 1 is 1.24 bits per heavy atom. The number of nitrogens with zero attached hydrogens (tertiary/aromatic N) is 3. The van der Waals surface area contributed by atoms with Crippen molar-refractivity contribution in [3.63, 3.8) is 0 Å². The molecule has 0 amide bonds. The minimum absolute atomic E-state index is 0.107. The van der Waals surface area contributed by atoms with E-state index in [1.165, 1.54) is 18.3 Å². The minimum atomic E-state index is -3.52. The fraction of sp³-hybridized carbons (Fsp3) is 0.200. The Hall–Kier alpha value is -3.19. The summed E-state index contributed by atoms with van der Waals surface area (Å²) >= 11 is 0. The van der Waals surface area contributed by atoms with Crippen LogP contribution in [0, 0.1) is 21.4 Å². The van der Waals surface area contributed by atoms with Crippen molar-refractivity contribution in [2.75, 3.05) is 30.0 Å². The topological polar surface area (TPSA) is 138 Å². The molecule has 2 aromatic rings.